The molecule has 8 heteroatoms. The lowest BCUT2D eigenvalue weighted by Crippen LogP contribution is -2.48. The Labute approximate surface area is 110 Å². The first-order chi connectivity index (χ1) is 8.97. The van der Waals surface area contributed by atoms with Gasteiger partial charge >= 0.3 is 18.0 Å². The Kier molecular flexibility index (Phi) is 5.56. The maximum absolute atomic E-state index is 11.8. The molecule has 0 spiro atoms. The van der Waals surface area contributed by atoms with E-state index in [9.17, 15) is 14.4 Å². The summed E-state index contributed by atoms with van der Waals surface area (Å²) in [6.45, 7) is 1.92. The predicted molar refractivity (Wildman–Crippen MR) is 63.4 cm³/mol. The number of carbonyl (C=O) groups is 3. The first kappa shape index (κ1) is 15.2. The third kappa shape index (κ3) is 4.09. The summed E-state index contributed by atoms with van der Waals surface area (Å²) in [4.78, 5) is 35.1. The van der Waals surface area contributed by atoms with E-state index in [0.717, 1.165) is 0 Å². The molecule has 0 bridgehead atoms. The number of aliphatic hydroxyl groups is 1. The Morgan fingerprint density at radius 3 is 2.74 bits per heavy atom. The monoisotopic (exact) mass is 274 g/mol. The number of likely N-dealkylation sites (tertiary alicyclic amines) is 1. The van der Waals surface area contributed by atoms with Crippen molar-refractivity contribution >= 4 is 18.0 Å². The molecule has 1 aliphatic rings. The largest absolute Gasteiger partial charge is 0.479 e. The number of ether oxygens (including phenoxy) is 1. The number of carbonyl (C=O) groups excluding carboxylic acids is 2. The fraction of sp³-hybridized carbons (Fsp3) is 0.727. The van der Waals surface area contributed by atoms with Gasteiger partial charge in [-0.25, -0.2) is 14.4 Å². The summed E-state index contributed by atoms with van der Waals surface area (Å²) in [5.74, 6) is -1.88. The summed E-state index contributed by atoms with van der Waals surface area (Å²) >= 11 is 0. The highest BCUT2D eigenvalue weighted by atomic mass is 16.5. The van der Waals surface area contributed by atoms with Crippen LogP contribution < -0.4 is 5.32 Å². The molecule has 19 heavy (non-hydrogen) atoms. The number of rotatable bonds is 5. The van der Waals surface area contributed by atoms with Gasteiger partial charge in [0, 0.05) is 6.54 Å². The molecule has 2 amide bonds. The van der Waals surface area contributed by atoms with Gasteiger partial charge in [0.1, 0.15) is 6.04 Å². The molecule has 0 aromatic heterocycles. The van der Waals surface area contributed by atoms with Crippen molar-refractivity contribution in [3.05, 3.63) is 0 Å². The van der Waals surface area contributed by atoms with Crippen LogP contribution in [0.1, 0.15) is 19.8 Å². The lowest BCUT2D eigenvalue weighted by atomic mass is 10.2. The van der Waals surface area contributed by atoms with Crippen LogP contribution in [0.4, 0.5) is 4.79 Å². The van der Waals surface area contributed by atoms with Crippen molar-refractivity contribution < 1.29 is 29.3 Å². The van der Waals surface area contributed by atoms with E-state index >= 15 is 0 Å². The molecular weight excluding hydrogens is 256 g/mol. The quantitative estimate of drug-likeness (QED) is 0.563. The molecule has 8 nitrogen and oxygen atoms in total. The molecule has 1 rings (SSSR count). The fourth-order valence-electron chi connectivity index (χ4n) is 1.87. The summed E-state index contributed by atoms with van der Waals surface area (Å²) in [6, 6.07) is -1.21. The van der Waals surface area contributed by atoms with Crippen LogP contribution in [0.3, 0.4) is 0 Å². The Morgan fingerprint density at radius 1 is 1.47 bits per heavy atom. The van der Waals surface area contributed by atoms with Crippen molar-refractivity contribution in [1.29, 1.82) is 0 Å². The number of amides is 2. The predicted octanol–water partition coefficient (Wildman–Crippen LogP) is -0.831. The molecule has 0 saturated carbocycles. The Morgan fingerprint density at radius 2 is 2.16 bits per heavy atom. The van der Waals surface area contributed by atoms with Gasteiger partial charge in [-0.05, 0) is 19.8 Å². The Bertz CT molecular complexity index is 359. The van der Waals surface area contributed by atoms with Gasteiger partial charge < -0.3 is 25.2 Å². The maximum atomic E-state index is 11.8. The summed E-state index contributed by atoms with van der Waals surface area (Å²) in [5, 5.41) is 19.8. The molecule has 0 aliphatic carbocycles. The third-order valence-corrected chi connectivity index (χ3v) is 2.80. The van der Waals surface area contributed by atoms with E-state index in [1.807, 2.05) is 0 Å². The van der Waals surface area contributed by atoms with Crippen molar-refractivity contribution in [2.24, 2.45) is 0 Å². The maximum Gasteiger partial charge on any atom is 0.334 e. The number of hydrogen-bond donors (Lipinski definition) is 3. The highest BCUT2D eigenvalue weighted by molar-refractivity contribution is 5.84. The first-order valence-corrected chi connectivity index (χ1v) is 6.09. The SMILES string of the molecule is CCOC(=O)C1CCCN1C(=O)NC[C@H](O)C(=O)O. The second-order valence-electron chi connectivity index (χ2n) is 4.14. The van der Waals surface area contributed by atoms with Gasteiger partial charge in [0.2, 0.25) is 0 Å². The lowest BCUT2D eigenvalue weighted by Gasteiger charge is -2.23. The van der Waals surface area contributed by atoms with Gasteiger partial charge in [0.25, 0.3) is 0 Å². The van der Waals surface area contributed by atoms with Crippen LogP contribution >= 0.6 is 0 Å². The summed E-state index contributed by atoms with van der Waals surface area (Å²) in [7, 11) is 0. The fourth-order valence-corrected chi connectivity index (χ4v) is 1.87. The standard InChI is InChI=1S/C11H18N2O6/c1-2-19-10(17)7-4-3-5-13(7)11(18)12-6-8(14)9(15)16/h7-8,14H,2-6H2,1H3,(H,12,18)(H,15,16)/t7?,8-/m0/s1. The summed E-state index contributed by atoms with van der Waals surface area (Å²) in [5.41, 5.74) is 0. The van der Waals surface area contributed by atoms with E-state index in [1.165, 1.54) is 4.90 Å². The van der Waals surface area contributed by atoms with Crippen LogP contribution in [0.5, 0.6) is 0 Å². The zero-order chi connectivity index (χ0) is 14.4. The minimum atomic E-state index is -1.66. The smallest absolute Gasteiger partial charge is 0.334 e. The number of aliphatic hydroxyl groups excluding tert-OH is 1. The Balaban J connectivity index is 2.51. The molecule has 0 aromatic rings. The molecule has 0 radical (unpaired) electrons. The summed E-state index contributed by atoms with van der Waals surface area (Å²) < 4.78 is 4.87. The Hall–Kier alpha value is -1.83. The number of aliphatic carboxylic acids is 1. The zero-order valence-corrected chi connectivity index (χ0v) is 10.7. The molecule has 1 aliphatic heterocycles. The van der Waals surface area contributed by atoms with Crippen molar-refractivity contribution in [3.8, 4) is 0 Å². The minimum absolute atomic E-state index is 0.239. The van der Waals surface area contributed by atoms with Crippen molar-refractivity contribution in [1.82, 2.24) is 10.2 Å². The lowest BCUT2D eigenvalue weighted by molar-refractivity contribution is -0.148. The number of urea groups is 1. The second kappa shape index (κ2) is 6.93. The molecule has 2 atom stereocenters. The van der Waals surface area contributed by atoms with E-state index < -0.39 is 36.7 Å². The van der Waals surface area contributed by atoms with Crippen LogP contribution in [0.2, 0.25) is 0 Å². The molecule has 1 heterocycles. The number of carboxylic acids is 1. The van der Waals surface area contributed by atoms with Gasteiger partial charge in [-0.15, -0.1) is 0 Å². The molecule has 1 fully saturated rings. The van der Waals surface area contributed by atoms with E-state index in [0.29, 0.717) is 19.4 Å². The molecule has 1 unspecified atom stereocenters. The molecular formula is C11H18N2O6. The number of carboxylic acid groups (broad SMARTS) is 1. The van der Waals surface area contributed by atoms with Crippen molar-refractivity contribution in [2.45, 2.75) is 31.9 Å². The molecule has 3 N–H and O–H groups in total. The average molecular weight is 274 g/mol. The summed E-state index contributed by atoms with van der Waals surface area (Å²) in [6.07, 6.45) is -0.459. The molecule has 0 aromatic carbocycles. The van der Waals surface area contributed by atoms with Gasteiger partial charge in [-0.3, -0.25) is 0 Å². The first-order valence-electron chi connectivity index (χ1n) is 6.09. The van der Waals surface area contributed by atoms with Crippen molar-refractivity contribution in [2.75, 3.05) is 19.7 Å². The molecule has 108 valence electrons. The van der Waals surface area contributed by atoms with Gasteiger partial charge in [0.15, 0.2) is 6.10 Å². The topological polar surface area (TPSA) is 116 Å². The van der Waals surface area contributed by atoms with E-state index in [1.54, 1.807) is 6.92 Å². The van der Waals surface area contributed by atoms with Gasteiger partial charge in [-0.1, -0.05) is 0 Å². The van der Waals surface area contributed by atoms with E-state index in [-0.39, 0.29) is 6.61 Å². The zero-order valence-electron chi connectivity index (χ0n) is 10.7. The van der Waals surface area contributed by atoms with Crippen LogP contribution in [-0.2, 0) is 14.3 Å². The highest BCUT2D eigenvalue weighted by Crippen LogP contribution is 2.18. The van der Waals surface area contributed by atoms with Gasteiger partial charge in [-0.2, -0.15) is 0 Å². The van der Waals surface area contributed by atoms with Gasteiger partial charge in [0.05, 0.1) is 13.2 Å². The normalized spacial score (nSPS) is 19.9. The van der Waals surface area contributed by atoms with Crippen molar-refractivity contribution in [3.63, 3.8) is 0 Å². The van der Waals surface area contributed by atoms with E-state index in [4.69, 9.17) is 14.9 Å². The number of esters is 1. The third-order valence-electron chi connectivity index (χ3n) is 2.80. The highest BCUT2D eigenvalue weighted by Gasteiger charge is 2.35. The van der Waals surface area contributed by atoms with Crippen LogP contribution in [0.15, 0.2) is 0 Å². The van der Waals surface area contributed by atoms with Crippen LogP contribution in [0.25, 0.3) is 0 Å². The second-order valence-corrected chi connectivity index (χ2v) is 4.14. The van der Waals surface area contributed by atoms with Crippen LogP contribution in [-0.4, -0.2) is 64.9 Å². The average Bonchev–Trinajstić information content (AvgIpc) is 2.84. The number of hydrogen-bond acceptors (Lipinski definition) is 5. The molecule has 1 saturated heterocycles. The minimum Gasteiger partial charge on any atom is -0.479 e. The number of nitrogens with one attached hydrogen (secondary N) is 1. The van der Waals surface area contributed by atoms with Crippen LogP contribution in [0, 0.1) is 0 Å². The number of nitrogens with zero attached hydrogens (tertiary/aromatic N) is 1. The van der Waals surface area contributed by atoms with E-state index in [2.05, 4.69) is 5.32 Å².